The smallest absolute Gasteiger partial charge is 0.0728 e. The Labute approximate surface area is 125 Å². The topological polar surface area (TPSA) is 80.7 Å². The fourth-order valence-corrected chi connectivity index (χ4v) is 1.95. The summed E-state index contributed by atoms with van der Waals surface area (Å²) < 4.78 is 0. The number of hydrogen-bond acceptors (Lipinski definition) is 3. The molecule has 0 atom stereocenters. The van der Waals surface area contributed by atoms with E-state index in [0.717, 1.165) is 16.8 Å². The first kappa shape index (κ1) is 16.6. The highest BCUT2D eigenvalue weighted by Gasteiger charge is 2.08. The zero-order valence-electron chi connectivity index (χ0n) is 12.5. The van der Waals surface area contributed by atoms with Gasteiger partial charge in [-0.3, -0.25) is 5.10 Å². The second-order valence-corrected chi connectivity index (χ2v) is 3.89. The first-order valence-corrected chi connectivity index (χ1v) is 6.75. The molecule has 4 nitrogen and oxygen atoms in total. The van der Waals surface area contributed by atoms with Gasteiger partial charge < -0.3 is 11.5 Å². The minimum absolute atomic E-state index is 1.07. The number of aromatic nitrogens is 2. The number of nitrogens with two attached hydrogens (primary N) is 2. The van der Waals surface area contributed by atoms with Gasteiger partial charge in [-0.15, -0.1) is 0 Å². The van der Waals surface area contributed by atoms with E-state index in [1.807, 2.05) is 42.6 Å². The number of H-pyrrole nitrogens is 1. The van der Waals surface area contributed by atoms with Crippen LogP contribution in [0.5, 0.6) is 0 Å². The van der Waals surface area contributed by atoms with Gasteiger partial charge in [0.15, 0.2) is 0 Å². The Morgan fingerprint density at radius 2 is 1.19 bits per heavy atom. The number of rotatable bonds is 2. The summed E-state index contributed by atoms with van der Waals surface area (Å²) in [5, 5.41) is 7.22. The molecule has 1 aromatic heterocycles. The lowest BCUT2D eigenvalue weighted by molar-refractivity contribution is 1.10. The molecule has 0 bridgehead atoms. The maximum absolute atomic E-state index is 4.50. The van der Waals surface area contributed by atoms with Crippen LogP contribution in [0.1, 0.15) is 0 Å². The fraction of sp³-hybridized carbons (Fsp3) is 0.118. The molecule has 0 saturated heterocycles. The molecule has 1 heterocycles. The van der Waals surface area contributed by atoms with Crippen molar-refractivity contribution in [1.29, 1.82) is 0 Å². The van der Waals surface area contributed by atoms with Crippen molar-refractivity contribution in [3.63, 3.8) is 0 Å². The van der Waals surface area contributed by atoms with E-state index in [-0.39, 0.29) is 0 Å². The van der Waals surface area contributed by atoms with E-state index in [4.69, 9.17) is 0 Å². The largest absolute Gasteiger partial charge is 0.333 e. The number of hydrogen-bond donors (Lipinski definition) is 3. The van der Waals surface area contributed by atoms with Gasteiger partial charge in [-0.05, 0) is 19.7 Å². The molecule has 0 spiro atoms. The minimum atomic E-state index is 1.07. The van der Waals surface area contributed by atoms with Crippen molar-refractivity contribution in [3.05, 3.63) is 66.9 Å². The van der Waals surface area contributed by atoms with Gasteiger partial charge in [-0.1, -0.05) is 60.7 Å². The number of aromatic amines is 1. The van der Waals surface area contributed by atoms with Crippen molar-refractivity contribution in [1.82, 2.24) is 10.2 Å². The van der Waals surface area contributed by atoms with E-state index in [0.29, 0.717) is 0 Å². The van der Waals surface area contributed by atoms with Gasteiger partial charge in [0.05, 0.1) is 11.9 Å². The van der Waals surface area contributed by atoms with E-state index in [2.05, 4.69) is 45.9 Å². The summed E-state index contributed by atoms with van der Waals surface area (Å²) in [7, 11) is 3.00. The minimum Gasteiger partial charge on any atom is -0.333 e. The van der Waals surface area contributed by atoms with Crippen molar-refractivity contribution in [2.45, 2.75) is 0 Å². The Kier molecular flexibility index (Phi) is 7.50. The normalized spacial score (nSPS) is 8.95. The average molecular weight is 282 g/mol. The summed E-state index contributed by atoms with van der Waals surface area (Å²) in [5.74, 6) is 0. The molecular formula is C17H22N4. The Hall–Kier alpha value is -2.43. The van der Waals surface area contributed by atoms with Crippen LogP contribution in [0, 0.1) is 0 Å². The van der Waals surface area contributed by atoms with Crippen LogP contribution in [0.2, 0.25) is 0 Å². The van der Waals surface area contributed by atoms with E-state index < -0.39 is 0 Å². The Balaban J connectivity index is 0.000000510. The Bertz CT molecular complexity index is 549. The molecule has 2 aromatic carbocycles. The van der Waals surface area contributed by atoms with E-state index >= 15 is 0 Å². The summed E-state index contributed by atoms with van der Waals surface area (Å²) >= 11 is 0. The molecule has 0 amide bonds. The first-order valence-electron chi connectivity index (χ1n) is 6.75. The fourth-order valence-electron chi connectivity index (χ4n) is 1.95. The molecule has 21 heavy (non-hydrogen) atoms. The van der Waals surface area contributed by atoms with Crippen molar-refractivity contribution >= 4 is 0 Å². The third-order valence-electron chi connectivity index (χ3n) is 2.79. The molecule has 3 rings (SSSR count). The van der Waals surface area contributed by atoms with Gasteiger partial charge in [-0.2, -0.15) is 5.10 Å². The summed E-state index contributed by atoms with van der Waals surface area (Å²) in [6.07, 6.45) is 1.87. The molecule has 5 N–H and O–H groups in total. The van der Waals surface area contributed by atoms with Crippen LogP contribution < -0.4 is 11.5 Å². The third-order valence-corrected chi connectivity index (χ3v) is 2.79. The number of nitrogens with zero attached hydrogens (tertiary/aromatic N) is 1. The molecular weight excluding hydrogens is 260 g/mol. The predicted octanol–water partition coefficient (Wildman–Crippen LogP) is 2.89. The number of nitrogens with one attached hydrogen (secondary N) is 1. The van der Waals surface area contributed by atoms with Gasteiger partial charge in [-0.25, -0.2) is 0 Å². The van der Waals surface area contributed by atoms with E-state index in [1.165, 1.54) is 19.7 Å². The van der Waals surface area contributed by atoms with Crippen LogP contribution in [-0.4, -0.2) is 24.3 Å². The van der Waals surface area contributed by atoms with Gasteiger partial charge in [0.2, 0.25) is 0 Å². The molecule has 0 radical (unpaired) electrons. The lowest BCUT2D eigenvalue weighted by Gasteiger charge is -2.02. The second kappa shape index (κ2) is 9.47. The van der Waals surface area contributed by atoms with Crippen LogP contribution in [0.15, 0.2) is 66.9 Å². The zero-order chi connectivity index (χ0) is 15.5. The second-order valence-electron chi connectivity index (χ2n) is 3.89. The van der Waals surface area contributed by atoms with Gasteiger partial charge >= 0.3 is 0 Å². The molecule has 0 fully saturated rings. The Morgan fingerprint density at radius 1 is 0.714 bits per heavy atom. The molecule has 0 aliphatic heterocycles. The quantitative estimate of drug-likeness (QED) is 0.676. The summed E-state index contributed by atoms with van der Waals surface area (Å²) in [5.41, 5.74) is 13.5. The third kappa shape index (κ3) is 4.27. The van der Waals surface area contributed by atoms with Gasteiger partial charge in [0, 0.05) is 11.1 Å². The highest BCUT2D eigenvalue weighted by molar-refractivity contribution is 5.80. The molecule has 0 saturated carbocycles. The lowest BCUT2D eigenvalue weighted by Crippen LogP contribution is -1.81. The van der Waals surface area contributed by atoms with Crippen molar-refractivity contribution in [3.8, 4) is 22.4 Å². The van der Waals surface area contributed by atoms with Gasteiger partial charge in [0.1, 0.15) is 0 Å². The summed E-state index contributed by atoms with van der Waals surface area (Å²) in [6, 6.07) is 20.5. The Morgan fingerprint density at radius 3 is 1.71 bits per heavy atom. The highest BCUT2D eigenvalue weighted by Crippen LogP contribution is 2.29. The summed E-state index contributed by atoms with van der Waals surface area (Å²) in [4.78, 5) is 0. The highest BCUT2D eigenvalue weighted by atomic mass is 15.1. The molecule has 4 heteroatoms. The molecule has 0 aliphatic rings. The molecule has 110 valence electrons. The maximum Gasteiger partial charge on any atom is 0.0728 e. The maximum atomic E-state index is 4.50. The standard InChI is InChI=1S/C15H12N2.2CH5N/c1-3-7-12(8-4-1)14-11-16-17-15(14)13-9-5-2-6-10-13;2*1-2/h1-11H,(H,16,17);2*2H2,1H3. The summed E-state index contributed by atoms with van der Waals surface area (Å²) in [6.45, 7) is 0. The van der Waals surface area contributed by atoms with Crippen molar-refractivity contribution < 1.29 is 0 Å². The van der Waals surface area contributed by atoms with Crippen molar-refractivity contribution in [2.24, 2.45) is 11.5 Å². The average Bonchev–Trinajstić information content (AvgIpc) is 3.10. The van der Waals surface area contributed by atoms with Crippen LogP contribution in [0.4, 0.5) is 0 Å². The van der Waals surface area contributed by atoms with E-state index in [1.54, 1.807) is 0 Å². The lowest BCUT2D eigenvalue weighted by atomic mass is 10.0. The first-order chi connectivity index (χ1) is 10.4. The zero-order valence-corrected chi connectivity index (χ0v) is 12.5. The van der Waals surface area contributed by atoms with Crippen LogP contribution >= 0.6 is 0 Å². The van der Waals surface area contributed by atoms with Crippen LogP contribution in [-0.2, 0) is 0 Å². The predicted molar refractivity (Wildman–Crippen MR) is 89.7 cm³/mol. The molecule has 0 aliphatic carbocycles. The molecule has 3 aromatic rings. The van der Waals surface area contributed by atoms with Crippen LogP contribution in [0.25, 0.3) is 22.4 Å². The van der Waals surface area contributed by atoms with Gasteiger partial charge in [0.25, 0.3) is 0 Å². The van der Waals surface area contributed by atoms with Crippen LogP contribution in [0.3, 0.4) is 0 Å². The number of benzene rings is 2. The van der Waals surface area contributed by atoms with Crippen molar-refractivity contribution in [2.75, 3.05) is 14.1 Å². The monoisotopic (exact) mass is 282 g/mol. The SMILES string of the molecule is CN.CN.c1ccc(-c2cn[nH]c2-c2ccccc2)cc1. The van der Waals surface area contributed by atoms with E-state index in [9.17, 15) is 0 Å². The molecule has 0 unspecified atom stereocenters.